The van der Waals surface area contributed by atoms with E-state index in [0.717, 1.165) is 24.0 Å². The summed E-state index contributed by atoms with van der Waals surface area (Å²) in [7, 11) is 0. The van der Waals surface area contributed by atoms with Crippen molar-refractivity contribution in [2.75, 3.05) is 0 Å². The summed E-state index contributed by atoms with van der Waals surface area (Å²) in [4.78, 5) is 0. The van der Waals surface area contributed by atoms with Crippen molar-refractivity contribution >= 4 is 0 Å². The van der Waals surface area contributed by atoms with Gasteiger partial charge in [-0.3, -0.25) is 0 Å². The third-order valence-electron chi connectivity index (χ3n) is 6.99. The Balaban J connectivity index is 2.10. The lowest BCUT2D eigenvalue weighted by Gasteiger charge is -2.35. The van der Waals surface area contributed by atoms with Crippen LogP contribution in [-0.4, -0.2) is 20.9 Å². The molecule has 1 unspecified atom stereocenters. The van der Waals surface area contributed by atoms with Crippen LogP contribution in [0.3, 0.4) is 0 Å². The molecule has 182 valence electrons. The lowest BCUT2D eigenvalue weighted by molar-refractivity contribution is -0.0694. The maximum Gasteiger partial charge on any atom is 0.152 e. The van der Waals surface area contributed by atoms with Crippen molar-refractivity contribution in [3.05, 3.63) is 88.5 Å². The summed E-state index contributed by atoms with van der Waals surface area (Å²) in [5.41, 5.74) is 5.91. The minimum atomic E-state index is -1.08. The topological polar surface area (TPSA) is 69.9 Å². The highest BCUT2D eigenvalue weighted by atomic mass is 16.5. The molecular weight excluding hydrogens is 424 g/mol. The van der Waals surface area contributed by atoms with Crippen LogP contribution in [0.2, 0.25) is 0 Å². The second-order valence-corrected chi connectivity index (χ2v) is 8.84. The fraction of sp³-hybridized carbons (Fsp3) is 0.400. The number of ether oxygens (including phenoxy) is 1. The number of aliphatic hydroxyl groups excluding tert-OH is 2. The Morgan fingerprint density at radius 1 is 0.706 bits per heavy atom. The van der Waals surface area contributed by atoms with E-state index in [2.05, 4.69) is 50.2 Å². The molecule has 0 aliphatic heterocycles. The zero-order chi connectivity index (χ0) is 24.7. The average Bonchev–Trinajstić information content (AvgIpc) is 2.90. The molecule has 0 aliphatic carbocycles. The van der Waals surface area contributed by atoms with Gasteiger partial charge in [-0.05, 0) is 82.8 Å². The quantitative estimate of drug-likeness (QED) is 0.320. The van der Waals surface area contributed by atoms with Crippen molar-refractivity contribution in [2.24, 2.45) is 0 Å². The number of aliphatic hydroxyl groups is 3. The van der Waals surface area contributed by atoms with E-state index in [-0.39, 0.29) is 13.2 Å². The van der Waals surface area contributed by atoms with Crippen LogP contribution in [0.5, 0.6) is 5.75 Å². The summed E-state index contributed by atoms with van der Waals surface area (Å²) in [6, 6.07) is 20.1. The Kier molecular flexibility index (Phi) is 8.90. The van der Waals surface area contributed by atoms with Crippen LogP contribution < -0.4 is 4.74 Å². The van der Waals surface area contributed by atoms with Gasteiger partial charge in [0.15, 0.2) is 6.10 Å². The fourth-order valence-electron chi connectivity index (χ4n) is 4.63. The predicted octanol–water partition coefficient (Wildman–Crippen LogP) is 6.13. The van der Waals surface area contributed by atoms with Gasteiger partial charge in [-0.15, -0.1) is 0 Å². The van der Waals surface area contributed by atoms with E-state index in [1.165, 1.54) is 16.7 Å². The highest BCUT2D eigenvalue weighted by Crippen LogP contribution is 2.39. The van der Waals surface area contributed by atoms with E-state index in [9.17, 15) is 15.3 Å². The molecule has 0 spiro atoms. The van der Waals surface area contributed by atoms with Gasteiger partial charge in [-0.25, -0.2) is 0 Å². The van der Waals surface area contributed by atoms with Gasteiger partial charge in [-0.1, -0.05) is 70.2 Å². The molecule has 0 radical (unpaired) electrons. The first-order valence-corrected chi connectivity index (χ1v) is 12.4. The molecule has 3 aromatic carbocycles. The Morgan fingerprint density at radius 2 is 1.32 bits per heavy atom. The number of aryl methyl sites for hydroxylation is 2. The fourth-order valence-corrected chi connectivity index (χ4v) is 4.63. The summed E-state index contributed by atoms with van der Waals surface area (Å²) in [6.45, 7) is 7.90. The summed E-state index contributed by atoms with van der Waals surface area (Å²) < 4.78 is 6.56. The van der Waals surface area contributed by atoms with Gasteiger partial charge in [0.05, 0.1) is 13.2 Å². The standard InChI is InChI=1S/C30H38O4/c1-5-21-11-9-10-12-27(21)28-18-26(16-15-22(28)6-2)34-29(30(33,7-3)8-4)23-13-14-24(19-31)25(17-23)20-32/h9-18,29,31-33H,5-8,19-20H2,1-4H3. The molecule has 4 heteroatoms. The molecule has 0 heterocycles. The van der Waals surface area contributed by atoms with Crippen LogP contribution in [0.15, 0.2) is 60.7 Å². The third kappa shape index (κ3) is 5.35. The van der Waals surface area contributed by atoms with Crippen LogP contribution in [0.25, 0.3) is 11.1 Å². The van der Waals surface area contributed by atoms with Crippen molar-refractivity contribution in [2.45, 2.75) is 78.3 Å². The van der Waals surface area contributed by atoms with Crippen LogP contribution in [0, 0.1) is 0 Å². The molecule has 4 nitrogen and oxygen atoms in total. The largest absolute Gasteiger partial charge is 0.483 e. The summed E-state index contributed by atoms with van der Waals surface area (Å²) in [5, 5.41) is 30.9. The second-order valence-electron chi connectivity index (χ2n) is 8.84. The van der Waals surface area contributed by atoms with Crippen molar-refractivity contribution in [1.29, 1.82) is 0 Å². The highest BCUT2D eigenvalue weighted by molar-refractivity contribution is 5.72. The van der Waals surface area contributed by atoms with Gasteiger partial charge in [0.2, 0.25) is 0 Å². The van der Waals surface area contributed by atoms with E-state index >= 15 is 0 Å². The summed E-state index contributed by atoms with van der Waals surface area (Å²) in [5.74, 6) is 0.695. The predicted molar refractivity (Wildman–Crippen MR) is 138 cm³/mol. The lowest BCUT2D eigenvalue weighted by Crippen LogP contribution is -2.38. The van der Waals surface area contributed by atoms with Gasteiger partial charge in [0.1, 0.15) is 11.4 Å². The van der Waals surface area contributed by atoms with Gasteiger partial charge in [0, 0.05) is 0 Å². The van der Waals surface area contributed by atoms with Gasteiger partial charge in [-0.2, -0.15) is 0 Å². The third-order valence-corrected chi connectivity index (χ3v) is 6.99. The zero-order valence-electron chi connectivity index (χ0n) is 20.8. The molecule has 0 aliphatic rings. The molecule has 3 aromatic rings. The molecule has 3 rings (SSSR count). The van der Waals surface area contributed by atoms with E-state index in [0.29, 0.717) is 29.7 Å². The lowest BCUT2D eigenvalue weighted by atomic mass is 9.85. The first-order valence-electron chi connectivity index (χ1n) is 12.4. The van der Waals surface area contributed by atoms with E-state index in [4.69, 9.17) is 4.74 Å². The number of hydrogen-bond acceptors (Lipinski definition) is 4. The molecular formula is C30H38O4. The Morgan fingerprint density at radius 3 is 1.94 bits per heavy atom. The number of hydrogen-bond donors (Lipinski definition) is 3. The van der Waals surface area contributed by atoms with Crippen molar-refractivity contribution in [1.82, 2.24) is 0 Å². The van der Waals surface area contributed by atoms with Crippen LogP contribution >= 0.6 is 0 Å². The normalized spacial score (nSPS) is 12.6. The Hall–Kier alpha value is -2.66. The maximum absolute atomic E-state index is 11.5. The van der Waals surface area contributed by atoms with Gasteiger partial charge >= 0.3 is 0 Å². The average molecular weight is 463 g/mol. The molecule has 1 atom stereocenters. The first-order chi connectivity index (χ1) is 16.4. The van der Waals surface area contributed by atoms with E-state index in [1.54, 1.807) is 6.07 Å². The van der Waals surface area contributed by atoms with Crippen LogP contribution in [-0.2, 0) is 26.1 Å². The number of benzene rings is 3. The summed E-state index contributed by atoms with van der Waals surface area (Å²) in [6.07, 6.45) is 2.26. The Bertz CT molecular complexity index is 1080. The second kappa shape index (κ2) is 11.7. The Labute approximate surface area is 203 Å². The summed E-state index contributed by atoms with van der Waals surface area (Å²) >= 11 is 0. The number of rotatable bonds is 11. The maximum atomic E-state index is 11.5. The van der Waals surface area contributed by atoms with E-state index < -0.39 is 11.7 Å². The highest BCUT2D eigenvalue weighted by Gasteiger charge is 2.37. The van der Waals surface area contributed by atoms with Crippen molar-refractivity contribution < 1.29 is 20.1 Å². The SMILES string of the molecule is CCc1ccccc1-c1cc(OC(c2ccc(CO)c(CO)c2)C(O)(CC)CC)ccc1CC. The molecule has 0 saturated heterocycles. The minimum Gasteiger partial charge on any atom is -0.483 e. The molecule has 0 saturated carbocycles. The monoisotopic (exact) mass is 462 g/mol. The molecule has 0 bridgehead atoms. The minimum absolute atomic E-state index is 0.147. The zero-order valence-corrected chi connectivity index (χ0v) is 20.8. The van der Waals surface area contributed by atoms with Gasteiger partial charge < -0.3 is 20.1 Å². The molecule has 0 amide bonds. The van der Waals surface area contributed by atoms with Crippen molar-refractivity contribution in [3.8, 4) is 16.9 Å². The molecule has 34 heavy (non-hydrogen) atoms. The first kappa shape index (κ1) is 26.0. The smallest absolute Gasteiger partial charge is 0.152 e. The van der Waals surface area contributed by atoms with Gasteiger partial charge in [0.25, 0.3) is 0 Å². The van der Waals surface area contributed by atoms with Crippen molar-refractivity contribution in [3.63, 3.8) is 0 Å². The van der Waals surface area contributed by atoms with E-state index in [1.807, 2.05) is 32.0 Å². The van der Waals surface area contributed by atoms with Crippen LogP contribution in [0.4, 0.5) is 0 Å². The molecule has 3 N–H and O–H groups in total. The molecule has 0 aromatic heterocycles. The van der Waals surface area contributed by atoms with Crippen LogP contribution in [0.1, 0.15) is 74.5 Å². The molecule has 0 fully saturated rings.